The van der Waals surface area contributed by atoms with Crippen LogP contribution in [0.25, 0.3) is 5.65 Å². The highest BCUT2D eigenvalue weighted by Gasteiger charge is 2.36. The summed E-state index contributed by atoms with van der Waals surface area (Å²) in [5, 5.41) is 8.79. The number of halogens is 3. The summed E-state index contributed by atoms with van der Waals surface area (Å²) in [6, 6.07) is 0.720. The van der Waals surface area contributed by atoms with E-state index in [1.54, 1.807) is 0 Å². The number of imidazole rings is 1. The van der Waals surface area contributed by atoms with Crippen molar-refractivity contribution in [3.05, 3.63) is 35.8 Å². The summed E-state index contributed by atoms with van der Waals surface area (Å²) in [7, 11) is 0. The Morgan fingerprint density at radius 2 is 2.06 bits per heavy atom. The third-order valence-electron chi connectivity index (χ3n) is 2.08. The second kappa shape index (κ2) is 3.22. The number of nitrogens with zero attached hydrogens (tertiary/aromatic N) is 2. The fourth-order valence-corrected chi connectivity index (χ4v) is 1.43. The molecule has 0 aliphatic carbocycles. The molecule has 0 bridgehead atoms. The molecule has 1 N–H and O–H groups in total. The first-order valence-electron chi connectivity index (χ1n) is 4.17. The van der Waals surface area contributed by atoms with Crippen molar-refractivity contribution in [2.45, 2.75) is 6.18 Å². The number of hydrogen-bond acceptors (Lipinski definition) is 2. The molecule has 0 amide bonds. The lowest BCUT2D eigenvalue weighted by Crippen LogP contribution is -2.14. The molecule has 2 aromatic heterocycles. The number of carbonyl (C=O) groups is 1. The van der Waals surface area contributed by atoms with Gasteiger partial charge in [-0.25, -0.2) is 9.78 Å². The van der Waals surface area contributed by atoms with E-state index in [2.05, 4.69) is 4.98 Å². The van der Waals surface area contributed by atoms with Gasteiger partial charge in [0.15, 0.2) is 5.65 Å². The minimum atomic E-state index is -4.71. The summed E-state index contributed by atoms with van der Waals surface area (Å²) in [5.41, 5.74) is -2.25. The van der Waals surface area contributed by atoms with Crippen LogP contribution in [0.5, 0.6) is 0 Å². The standard InChI is InChI=1S/C9H5F3N2O2/c10-9(11,12)5-1-3-14-4-2-13-7(14)6(5)8(15)16/h1-4H,(H,15,16). The maximum absolute atomic E-state index is 12.5. The molecule has 0 saturated heterocycles. The van der Waals surface area contributed by atoms with Crippen molar-refractivity contribution in [1.82, 2.24) is 9.38 Å². The van der Waals surface area contributed by atoms with Crippen molar-refractivity contribution < 1.29 is 23.1 Å². The lowest BCUT2D eigenvalue weighted by atomic mass is 10.1. The van der Waals surface area contributed by atoms with E-state index in [0.717, 1.165) is 12.3 Å². The highest BCUT2D eigenvalue weighted by molar-refractivity contribution is 5.96. The van der Waals surface area contributed by atoms with Crippen LogP contribution < -0.4 is 0 Å². The molecule has 2 aromatic rings. The predicted octanol–water partition coefficient (Wildman–Crippen LogP) is 2.05. The molecule has 0 saturated carbocycles. The Kier molecular flexibility index (Phi) is 2.11. The van der Waals surface area contributed by atoms with Crippen LogP contribution in [0.15, 0.2) is 24.7 Å². The average molecular weight is 230 g/mol. The first-order valence-corrected chi connectivity index (χ1v) is 4.17. The third-order valence-corrected chi connectivity index (χ3v) is 2.08. The zero-order valence-electron chi connectivity index (χ0n) is 7.69. The van der Waals surface area contributed by atoms with E-state index in [4.69, 9.17) is 5.11 Å². The number of hydrogen-bond donors (Lipinski definition) is 1. The molecule has 7 heteroatoms. The van der Waals surface area contributed by atoms with E-state index in [0.29, 0.717) is 0 Å². The molecule has 16 heavy (non-hydrogen) atoms. The fourth-order valence-electron chi connectivity index (χ4n) is 1.43. The molecule has 2 rings (SSSR count). The Bertz CT molecular complexity index is 559. The summed E-state index contributed by atoms with van der Waals surface area (Å²) in [6.07, 6.45) is -0.969. The third kappa shape index (κ3) is 1.50. The van der Waals surface area contributed by atoms with Gasteiger partial charge in [0, 0.05) is 18.6 Å². The smallest absolute Gasteiger partial charge is 0.417 e. The molecular weight excluding hydrogens is 225 g/mol. The largest absolute Gasteiger partial charge is 0.478 e. The lowest BCUT2D eigenvalue weighted by Gasteiger charge is -2.10. The highest BCUT2D eigenvalue weighted by Crippen LogP contribution is 2.33. The number of alkyl halides is 3. The lowest BCUT2D eigenvalue weighted by molar-refractivity contribution is -0.138. The molecule has 0 spiro atoms. The van der Waals surface area contributed by atoms with Crippen molar-refractivity contribution in [3.63, 3.8) is 0 Å². The molecule has 0 aliphatic heterocycles. The molecule has 0 aliphatic rings. The van der Waals surface area contributed by atoms with Gasteiger partial charge in [0.1, 0.15) is 5.56 Å². The number of aromatic carboxylic acids is 1. The Morgan fingerprint density at radius 1 is 1.38 bits per heavy atom. The summed E-state index contributed by atoms with van der Waals surface area (Å²) in [5.74, 6) is -1.65. The zero-order chi connectivity index (χ0) is 11.9. The number of pyridine rings is 1. The first-order chi connectivity index (χ1) is 7.41. The van der Waals surface area contributed by atoms with Gasteiger partial charge >= 0.3 is 12.1 Å². The summed E-state index contributed by atoms with van der Waals surface area (Å²) in [4.78, 5) is 14.4. The van der Waals surface area contributed by atoms with Gasteiger partial charge < -0.3 is 9.51 Å². The average Bonchev–Trinajstić information content (AvgIpc) is 2.61. The second-order valence-corrected chi connectivity index (χ2v) is 3.07. The van der Waals surface area contributed by atoms with Gasteiger partial charge in [0.05, 0.1) is 5.56 Å². The molecule has 84 valence electrons. The van der Waals surface area contributed by atoms with Crippen molar-refractivity contribution >= 4 is 11.6 Å². The maximum Gasteiger partial charge on any atom is 0.417 e. The normalized spacial score (nSPS) is 11.9. The van der Waals surface area contributed by atoms with Gasteiger partial charge in [-0.1, -0.05) is 0 Å². The van der Waals surface area contributed by atoms with Gasteiger partial charge in [0.2, 0.25) is 0 Å². The summed E-state index contributed by atoms with van der Waals surface area (Å²) >= 11 is 0. The Hall–Kier alpha value is -2.05. The number of rotatable bonds is 1. The Labute approximate surface area is 87.0 Å². The van der Waals surface area contributed by atoms with Crippen LogP contribution in [-0.2, 0) is 6.18 Å². The van der Waals surface area contributed by atoms with E-state index < -0.39 is 23.3 Å². The fraction of sp³-hybridized carbons (Fsp3) is 0.111. The number of aromatic nitrogens is 2. The van der Waals surface area contributed by atoms with E-state index in [9.17, 15) is 18.0 Å². The first kappa shape index (κ1) is 10.5. The molecule has 0 unspecified atom stereocenters. The van der Waals surface area contributed by atoms with Crippen LogP contribution >= 0.6 is 0 Å². The van der Waals surface area contributed by atoms with Crippen LogP contribution in [0.2, 0.25) is 0 Å². The molecule has 0 radical (unpaired) electrons. The molecule has 0 aromatic carbocycles. The van der Waals surface area contributed by atoms with Crippen molar-refractivity contribution in [2.24, 2.45) is 0 Å². The minimum Gasteiger partial charge on any atom is -0.478 e. The summed E-state index contributed by atoms with van der Waals surface area (Å²) in [6.45, 7) is 0. The zero-order valence-corrected chi connectivity index (χ0v) is 7.69. The number of carboxylic acid groups (broad SMARTS) is 1. The van der Waals surface area contributed by atoms with Gasteiger partial charge in [-0.15, -0.1) is 0 Å². The van der Waals surface area contributed by atoms with Gasteiger partial charge in [-0.2, -0.15) is 13.2 Å². The van der Waals surface area contributed by atoms with E-state index in [1.165, 1.54) is 16.8 Å². The number of carboxylic acids is 1. The molecular formula is C9H5F3N2O2. The Balaban J connectivity index is 2.84. The molecule has 0 atom stereocenters. The molecule has 2 heterocycles. The van der Waals surface area contributed by atoms with Crippen LogP contribution in [0, 0.1) is 0 Å². The molecule has 4 nitrogen and oxygen atoms in total. The van der Waals surface area contributed by atoms with Crippen LogP contribution in [0.4, 0.5) is 13.2 Å². The van der Waals surface area contributed by atoms with Crippen molar-refractivity contribution in [2.75, 3.05) is 0 Å². The second-order valence-electron chi connectivity index (χ2n) is 3.07. The quantitative estimate of drug-likeness (QED) is 0.815. The van der Waals surface area contributed by atoms with Crippen LogP contribution in [-0.4, -0.2) is 20.5 Å². The van der Waals surface area contributed by atoms with Crippen molar-refractivity contribution in [3.8, 4) is 0 Å². The van der Waals surface area contributed by atoms with E-state index >= 15 is 0 Å². The highest BCUT2D eigenvalue weighted by atomic mass is 19.4. The number of fused-ring (bicyclic) bond motifs is 1. The predicted molar refractivity (Wildman–Crippen MR) is 47.2 cm³/mol. The monoisotopic (exact) mass is 230 g/mol. The van der Waals surface area contributed by atoms with Gasteiger partial charge in [0.25, 0.3) is 0 Å². The topological polar surface area (TPSA) is 54.6 Å². The SMILES string of the molecule is O=C(O)c1c(C(F)(F)F)ccn2ccnc12. The Morgan fingerprint density at radius 3 is 2.62 bits per heavy atom. The van der Waals surface area contributed by atoms with Gasteiger partial charge in [-0.3, -0.25) is 0 Å². The van der Waals surface area contributed by atoms with E-state index in [1.807, 2.05) is 0 Å². The van der Waals surface area contributed by atoms with Gasteiger partial charge in [-0.05, 0) is 6.07 Å². The minimum absolute atomic E-state index is 0.220. The van der Waals surface area contributed by atoms with Crippen molar-refractivity contribution in [1.29, 1.82) is 0 Å². The summed E-state index contributed by atoms with van der Waals surface area (Å²) < 4.78 is 38.8. The maximum atomic E-state index is 12.5. The van der Waals surface area contributed by atoms with E-state index in [-0.39, 0.29) is 5.65 Å². The van der Waals surface area contributed by atoms with Crippen LogP contribution in [0.3, 0.4) is 0 Å². The van der Waals surface area contributed by atoms with Crippen LogP contribution in [0.1, 0.15) is 15.9 Å². The molecule has 0 fully saturated rings.